The van der Waals surface area contributed by atoms with Crippen LogP contribution in [0.3, 0.4) is 0 Å². The number of esters is 1. The van der Waals surface area contributed by atoms with Crippen LogP contribution in [0.25, 0.3) is 0 Å². The third-order valence-electron chi connectivity index (χ3n) is 2.34. The highest BCUT2D eigenvalue weighted by Gasteiger charge is 2.23. The van der Waals surface area contributed by atoms with Gasteiger partial charge in [0.05, 0.1) is 18.3 Å². The monoisotopic (exact) mass is 270 g/mol. The van der Waals surface area contributed by atoms with Crippen LogP contribution in [0, 0.1) is 12.8 Å². The first kappa shape index (κ1) is 14.6. The zero-order valence-corrected chi connectivity index (χ0v) is 11.8. The van der Waals surface area contributed by atoms with Crippen LogP contribution >= 0.6 is 11.3 Å². The molecule has 0 spiro atoms. The second-order valence-electron chi connectivity index (χ2n) is 4.42. The van der Waals surface area contributed by atoms with Crippen molar-refractivity contribution >= 4 is 23.2 Å². The molecule has 0 saturated heterocycles. The molecule has 1 amide bonds. The van der Waals surface area contributed by atoms with Crippen molar-refractivity contribution in [1.29, 1.82) is 0 Å². The molecule has 1 rings (SSSR count). The van der Waals surface area contributed by atoms with Crippen molar-refractivity contribution in [1.82, 2.24) is 10.3 Å². The van der Waals surface area contributed by atoms with E-state index in [9.17, 15) is 9.59 Å². The average molecular weight is 270 g/mol. The molecule has 1 N–H and O–H groups in total. The van der Waals surface area contributed by atoms with Gasteiger partial charge in [0.1, 0.15) is 10.9 Å². The van der Waals surface area contributed by atoms with Crippen LogP contribution in [0.1, 0.15) is 34.9 Å². The summed E-state index contributed by atoms with van der Waals surface area (Å²) in [6, 6.07) is -0.607. The van der Waals surface area contributed by atoms with E-state index in [1.807, 2.05) is 20.8 Å². The van der Waals surface area contributed by atoms with Crippen molar-refractivity contribution in [3.63, 3.8) is 0 Å². The van der Waals surface area contributed by atoms with Crippen molar-refractivity contribution in [3.05, 3.63) is 16.1 Å². The van der Waals surface area contributed by atoms with Gasteiger partial charge in [-0.1, -0.05) is 13.8 Å². The predicted molar refractivity (Wildman–Crippen MR) is 69.6 cm³/mol. The highest BCUT2D eigenvalue weighted by atomic mass is 32.1. The number of thiazole rings is 1. The predicted octanol–water partition coefficient (Wildman–Crippen LogP) is 1.77. The fourth-order valence-electron chi connectivity index (χ4n) is 1.52. The first-order valence-electron chi connectivity index (χ1n) is 5.75. The number of ether oxygens (including phenoxy) is 1. The van der Waals surface area contributed by atoms with Gasteiger partial charge in [-0.05, 0) is 19.3 Å². The molecule has 0 aliphatic carbocycles. The Balaban J connectivity index is 2.71. The molecular weight excluding hydrogens is 252 g/mol. The molecule has 0 aliphatic rings. The Morgan fingerprint density at radius 2 is 2.17 bits per heavy atom. The Morgan fingerprint density at radius 3 is 2.61 bits per heavy atom. The standard InChI is InChI=1S/C12H18N2O3S/c1-7(2)5-9(12(16)17-4)14-11(15)10-6-13-8(3)18-10/h6-7,9H,5H2,1-4H3,(H,14,15). The number of hydrogen-bond donors (Lipinski definition) is 1. The Hall–Kier alpha value is -1.43. The van der Waals surface area contributed by atoms with Crippen molar-refractivity contribution in [3.8, 4) is 0 Å². The topological polar surface area (TPSA) is 68.3 Å². The Bertz CT molecular complexity index is 429. The van der Waals surface area contributed by atoms with Gasteiger partial charge in [0.25, 0.3) is 5.91 Å². The number of aromatic nitrogens is 1. The lowest BCUT2D eigenvalue weighted by Crippen LogP contribution is -2.42. The molecule has 1 unspecified atom stereocenters. The molecule has 1 atom stereocenters. The van der Waals surface area contributed by atoms with Gasteiger partial charge in [-0.25, -0.2) is 9.78 Å². The molecule has 1 aromatic rings. The van der Waals surface area contributed by atoms with E-state index in [2.05, 4.69) is 15.0 Å². The van der Waals surface area contributed by atoms with Gasteiger partial charge in [-0.3, -0.25) is 4.79 Å². The Labute approximate surface area is 111 Å². The number of amides is 1. The summed E-state index contributed by atoms with van der Waals surface area (Å²) in [6.07, 6.45) is 2.06. The van der Waals surface area contributed by atoms with E-state index in [1.165, 1.54) is 24.6 Å². The van der Waals surface area contributed by atoms with Gasteiger partial charge >= 0.3 is 5.97 Å². The number of nitrogens with zero attached hydrogens (tertiary/aromatic N) is 1. The summed E-state index contributed by atoms with van der Waals surface area (Å²) in [5.41, 5.74) is 0. The van der Waals surface area contributed by atoms with Crippen molar-refractivity contribution in [2.75, 3.05) is 7.11 Å². The molecule has 0 saturated carbocycles. The maximum Gasteiger partial charge on any atom is 0.328 e. The van der Waals surface area contributed by atoms with E-state index in [1.54, 1.807) is 0 Å². The number of hydrogen-bond acceptors (Lipinski definition) is 5. The number of methoxy groups -OCH3 is 1. The second kappa shape index (κ2) is 6.49. The molecular formula is C12H18N2O3S. The summed E-state index contributed by atoms with van der Waals surface area (Å²) in [4.78, 5) is 28.0. The summed E-state index contributed by atoms with van der Waals surface area (Å²) in [6.45, 7) is 5.80. The molecule has 6 heteroatoms. The Morgan fingerprint density at radius 1 is 1.50 bits per heavy atom. The zero-order chi connectivity index (χ0) is 13.7. The summed E-state index contributed by atoms with van der Waals surface area (Å²) in [5, 5.41) is 3.50. The molecule has 18 heavy (non-hydrogen) atoms. The van der Waals surface area contributed by atoms with Gasteiger partial charge in [0, 0.05) is 0 Å². The maximum atomic E-state index is 11.9. The lowest BCUT2D eigenvalue weighted by atomic mass is 10.0. The van der Waals surface area contributed by atoms with Crippen LogP contribution in [0.2, 0.25) is 0 Å². The van der Waals surface area contributed by atoms with E-state index in [4.69, 9.17) is 0 Å². The van der Waals surface area contributed by atoms with E-state index in [0.29, 0.717) is 11.3 Å². The fourth-order valence-corrected chi connectivity index (χ4v) is 2.20. The maximum absolute atomic E-state index is 11.9. The number of aryl methyl sites for hydroxylation is 1. The van der Waals surface area contributed by atoms with Crippen molar-refractivity contribution in [2.45, 2.75) is 33.2 Å². The third kappa shape index (κ3) is 4.10. The minimum atomic E-state index is -0.607. The lowest BCUT2D eigenvalue weighted by Gasteiger charge is -2.17. The summed E-state index contributed by atoms with van der Waals surface area (Å²) in [5.74, 6) is -0.410. The first-order valence-corrected chi connectivity index (χ1v) is 6.56. The van der Waals surface area contributed by atoms with Crippen LogP contribution in [-0.4, -0.2) is 30.0 Å². The van der Waals surface area contributed by atoms with Crippen LogP contribution in [0.15, 0.2) is 6.20 Å². The quantitative estimate of drug-likeness (QED) is 0.828. The molecule has 5 nitrogen and oxygen atoms in total. The molecule has 0 bridgehead atoms. The summed E-state index contributed by atoms with van der Waals surface area (Å²) in [7, 11) is 1.32. The van der Waals surface area contributed by atoms with Gasteiger partial charge < -0.3 is 10.1 Å². The molecule has 1 heterocycles. The van der Waals surface area contributed by atoms with E-state index in [-0.39, 0.29) is 11.8 Å². The Kier molecular flexibility index (Phi) is 5.27. The smallest absolute Gasteiger partial charge is 0.328 e. The first-order chi connectivity index (χ1) is 8.43. The van der Waals surface area contributed by atoms with Crippen LogP contribution in [0.4, 0.5) is 0 Å². The molecule has 100 valence electrons. The van der Waals surface area contributed by atoms with E-state index >= 15 is 0 Å². The van der Waals surface area contributed by atoms with Gasteiger partial charge in [-0.15, -0.1) is 11.3 Å². The number of nitrogens with one attached hydrogen (secondary N) is 1. The van der Waals surface area contributed by atoms with Crippen LogP contribution in [0.5, 0.6) is 0 Å². The fraction of sp³-hybridized carbons (Fsp3) is 0.583. The second-order valence-corrected chi connectivity index (χ2v) is 5.66. The minimum absolute atomic E-state index is 0.281. The highest BCUT2D eigenvalue weighted by molar-refractivity contribution is 7.13. The third-order valence-corrected chi connectivity index (χ3v) is 3.25. The molecule has 0 fully saturated rings. The SMILES string of the molecule is COC(=O)C(CC(C)C)NC(=O)c1cnc(C)s1. The van der Waals surface area contributed by atoms with Crippen molar-refractivity contribution < 1.29 is 14.3 Å². The minimum Gasteiger partial charge on any atom is -0.467 e. The zero-order valence-electron chi connectivity index (χ0n) is 11.0. The average Bonchev–Trinajstić information content (AvgIpc) is 2.73. The summed E-state index contributed by atoms with van der Waals surface area (Å²) >= 11 is 1.30. The van der Waals surface area contributed by atoms with Gasteiger partial charge in [0.2, 0.25) is 0 Å². The van der Waals surface area contributed by atoms with Gasteiger partial charge in [-0.2, -0.15) is 0 Å². The molecule has 0 aliphatic heterocycles. The van der Waals surface area contributed by atoms with Crippen molar-refractivity contribution in [2.24, 2.45) is 5.92 Å². The highest BCUT2D eigenvalue weighted by Crippen LogP contribution is 2.13. The van der Waals surface area contributed by atoms with Crippen LogP contribution < -0.4 is 5.32 Å². The number of rotatable bonds is 5. The molecule has 0 aromatic carbocycles. The largest absolute Gasteiger partial charge is 0.467 e. The lowest BCUT2D eigenvalue weighted by molar-refractivity contribution is -0.143. The molecule has 0 radical (unpaired) electrons. The van der Waals surface area contributed by atoms with Crippen LogP contribution in [-0.2, 0) is 9.53 Å². The van der Waals surface area contributed by atoms with Gasteiger partial charge in [0.15, 0.2) is 0 Å². The molecule has 1 aromatic heterocycles. The number of carbonyl (C=O) groups excluding carboxylic acids is 2. The van der Waals surface area contributed by atoms with E-state index in [0.717, 1.165) is 5.01 Å². The number of carbonyl (C=O) groups is 2. The normalized spacial score (nSPS) is 12.3. The summed E-state index contributed by atoms with van der Waals surface area (Å²) < 4.78 is 4.69. The van der Waals surface area contributed by atoms with E-state index < -0.39 is 12.0 Å².